The van der Waals surface area contributed by atoms with Gasteiger partial charge < -0.3 is 5.32 Å². The van der Waals surface area contributed by atoms with E-state index in [1.807, 2.05) is 11.5 Å². The Balaban J connectivity index is 1.59. The van der Waals surface area contributed by atoms with Crippen molar-refractivity contribution in [1.29, 1.82) is 0 Å². The van der Waals surface area contributed by atoms with Crippen molar-refractivity contribution in [2.24, 2.45) is 5.92 Å². The molecule has 1 aliphatic rings. The highest BCUT2D eigenvalue weighted by Crippen LogP contribution is 2.41. The molecule has 1 aromatic carbocycles. The molecule has 1 aromatic heterocycles. The second-order valence-electron chi connectivity index (χ2n) is 7.97. The van der Waals surface area contributed by atoms with E-state index in [9.17, 15) is 9.18 Å². The molecule has 1 aliphatic carbocycles. The van der Waals surface area contributed by atoms with E-state index in [0.29, 0.717) is 28.5 Å². The molecular formula is C21H29FN4OS. The van der Waals surface area contributed by atoms with E-state index in [-0.39, 0.29) is 23.5 Å². The van der Waals surface area contributed by atoms with E-state index in [0.717, 1.165) is 25.7 Å². The Morgan fingerprint density at radius 2 is 2.00 bits per heavy atom. The van der Waals surface area contributed by atoms with Crippen molar-refractivity contribution in [1.82, 2.24) is 20.1 Å². The Morgan fingerprint density at radius 3 is 2.68 bits per heavy atom. The lowest BCUT2D eigenvalue weighted by molar-refractivity contribution is -0.119. The molecule has 3 rings (SSSR count). The molecule has 2 aromatic rings. The molecule has 0 spiro atoms. The summed E-state index contributed by atoms with van der Waals surface area (Å²) in [6.07, 6.45) is 5.36. The fourth-order valence-corrected chi connectivity index (χ4v) is 4.03. The zero-order chi connectivity index (χ0) is 20.1. The number of thioether (sulfide) groups is 1. The van der Waals surface area contributed by atoms with Crippen LogP contribution >= 0.6 is 11.8 Å². The summed E-state index contributed by atoms with van der Waals surface area (Å²) in [5, 5.41) is 12.2. The van der Waals surface area contributed by atoms with Crippen LogP contribution in [0.5, 0.6) is 0 Å². The lowest BCUT2D eigenvalue weighted by Gasteiger charge is -2.14. The van der Waals surface area contributed by atoms with Gasteiger partial charge in [0.15, 0.2) is 11.0 Å². The Kier molecular flexibility index (Phi) is 7.10. The summed E-state index contributed by atoms with van der Waals surface area (Å²) < 4.78 is 16.2. The van der Waals surface area contributed by atoms with Crippen molar-refractivity contribution in [3.8, 4) is 11.4 Å². The van der Waals surface area contributed by atoms with Crippen LogP contribution in [-0.2, 0) is 4.79 Å². The molecule has 5 nitrogen and oxygen atoms in total. The van der Waals surface area contributed by atoms with E-state index in [2.05, 4.69) is 29.4 Å². The topological polar surface area (TPSA) is 59.8 Å². The first kappa shape index (κ1) is 20.8. The molecule has 0 aliphatic heterocycles. The van der Waals surface area contributed by atoms with E-state index < -0.39 is 0 Å². The molecule has 152 valence electrons. The maximum atomic E-state index is 14.2. The number of rotatable bonds is 10. The Labute approximate surface area is 170 Å². The zero-order valence-electron chi connectivity index (χ0n) is 16.8. The summed E-state index contributed by atoms with van der Waals surface area (Å²) in [7, 11) is 0. The van der Waals surface area contributed by atoms with Gasteiger partial charge in [0.2, 0.25) is 5.91 Å². The van der Waals surface area contributed by atoms with Gasteiger partial charge in [0.25, 0.3) is 0 Å². The minimum absolute atomic E-state index is 0.000152. The lowest BCUT2D eigenvalue weighted by Crippen LogP contribution is -2.33. The third-order valence-corrected chi connectivity index (χ3v) is 5.79. The lowest BCUT2D eigenvalue weighted by atomic mass is 10.0. The molecule has 7 heteroatoms. The van der Waals surface area contributed by atoms with E-state index in [1.165, 1.54) is 24.2 Å². The fraction of sp³-hybridized carbons (Fsp3) is 0.571. The molecule has 0 bridgehead atoms. The predicted octanol–water partition coefficient (Wildman–Crippen LogP) is 4.84. The molecule has 1 amide bonds. The number of hydrogen-bond donors (Lipinski definition) is 1. The summed E-state index contributed by atoms with van der Waals surface area (Å²) in [5.74, 6) is 1.22. The molecule has 0 saturated heterocycles. The number of hydrogen-bond acceptors (Lipinski definition) is 4. The molecule has 1 N–H and O–H groups in total. The largest absolute Gasteiger partial charge is 0.353 e. The zero-order valence-corrected chi connectivity index (χ0v) is 17.6. The van der Waals surface area contributed by atoms with Crippen molar-refractivity contribution in [2.45, 2.75) is 70.1 Å². The van der Waals surface area contributed by atoms with Crippen LogP contribution < -0.4 is 5.32 Å². The number of amides is 1. The summed E-state index contributed by atoms with van der Waals surface area (Å²) in [6.45, 7) is 6.48. The highest BCUT2D eigenvalue weighted by Gasteiger charge is 2.31. The first-order valence-electron chi connectivity index (χ1n) is 10.1. The summed E-state index contributed by atoms with van der Waals surface area (Å²) in [4.78, 5) is 12.3. The SMILES string of the molecule is CC(C)CCCC(C)NC(=O)CSc1nnc(-c2ccccc2F)n1C1CC1. The minimum Gasteiger partial charge on any atom is -0.353 e. The van der Waals surface area contributed by atoms with Gasteiger partial charge in [0.05, 0.1) is 11.3 Å². The van der Waals surface area contributed by atoms with Crippen LogP contribution in [0.25, 0.3) is 11.4 Å². The first-order valence-corrected chi connectivity index (χ1v) is 11.1. The van der Waals surface area contributed by atoms with Gasteiger partial charge >= 0.3 is 0 Å². The van der Waals surface area contributed by atoms with Crippen LogP contribution in [0.1, 0.15) is 58.9 Å². The normalized spacial score (nSPS) is 15.0. The molecular weight excluding hydrogens is 375 g/mol. The van der Waals surface area contributed by atoms with Crippen molar-refractivity contribution < 1.29 is 9.18 Å². The van der Waals surface area contributed by atoms with E-state index in [4.69, 9.17) is 0 Å². The standard InChI is InChI=1S/C21H29FN4OS/c1-14(2)7-6-8-15(3)23-19(27)13-28-21-25-24-20(26(21)16-11-12-16)17-9-4-5-10-18(17)22/h4-5,9-10,14-16H,6-8,11-13H2,1-3H3,(H,23,27). The maximum absolute atomic E-state index is 14.2. The van der Waals surface area contributed by atoms with Gasteiger partial charge in [0, 0.05) is 12.1 Å². The van der Waals surface area contributed by atoms with Crippen LogP contribution in [-0.4, -0.2) is 32.5 Å². The summed E-state index contributed by atoms with van der Waals surface area (Å²) >= 11 is 1.37. The molecule has 0 radical (unpaired) electrons. The van der Waals surface area contributed by atoms with Crippen LogP contribution in [0, 0.1) is 11.7 Å². The highest BCUT2D eigenvalue weighted by molar-refractivity contribution is 7.99. The average Bonchev–Trinajstić information content (AvgIpc) is 3.39. The van der Waals surface area contributed by atoms with Gasteiger partial charge in [0.1, 0.15) is 5.82 Å². The Hall–Kier alpha value is -1.89. The third kappa shape index (κ3) is 5.56. The highest BCUT2D eigenvalue weighted by atomic mass is 32.2. The number of halogens is 1. The minimum atomic E-state index is -0.304. The predicted molar refractivity (Wildman–Crippen MR) is 111 cm³/mol. The monoisotopic (exact) mass is 404 g/mol. The van der Waals surface area contributed by atoms with Crippen molar-refractivity contribution in [3.05, 3.63) is 30.1 Å². The smallest absolute Gasteiger partial charge is 0.230 e. The maximum Gasteiger partial charge on any atom is 0.230 e. The van der Waals surface area contributed by atoms with E-state index in [1.54, 1.807) is 18.2 Å². The van der Waals surface area contributed by atoms with Gasteiger partial charge in [-0.25, -0.2) is 4.39 Å². The van der Waals surface area contributed by atoms with Crippen molar-refractivity contribution >= 4 is 17.7 Å². The number of aromatic nitrogens is 3. The Bertz CT molecular complexity index is 803. The summed E-state index contributed by atoms with van der Waals surface area (Å²) in [6, 6.07) is 7.08. The van der Waals surface area contributed by atoms with Gasteiger partial charge in [-0.05, 0) is 44.2 Å². The molecule has 1 fully saturated rings. The van der Waals surface area contributed by atoms with Crippen molar-refractivity contribution in [2.75, 3.05) is 5.75 Å². The van der Waals surface area contributed by atoms with E-state index >= 15 is 0 Å². The second kappa shape index (κ2) is 9.54. The van der Waals surface area contributed by atoms with Gasteiger partial charge in [-0.1, -0.05) is 50.6 Å². The average molecular weight is 405 g/mol. The number of nitrogens with one attached hydrogen (secondary N) is 1. The first-order chi connectivity index (χ1) is 13.5. The molecule has 1 heterocycles. The van der Waals surface area contributed by atoms with Gasteiger partial charge in [-0.3, -0.25) is 9.36 Å². The Morgan fingerprint density at radius 1 is 1.25 bits per heavy atom. The number of carbonyl (C=O) groups is 1. The number of benzene rings is 1. The second-order valence-corrected chi connectivity index (χ2v) is 8.91. The molecule has 28 heavy (non-hydrogen) atoms. The quantitative estimate of drug-likeness (QED) is 0.576. The van der Waals surface area contributed by atoms with Crippen LogP contribution in [0.15, 0.2) is 29.4 Å². The molecule has 1 atom stereocenters. The third-order valence-electron chi connectivity index (χ3n) is 4.85. The van der Waals surface area contributed by atoms with Gasteiger partial charge in [-0.2, -0.15) is 0 Å². The van der Waals surface area contributed by atoms with Crippen LogP contribution in [0.3, 0.4) is 0 Å². The fourth-order valence-electron chi connectivity index (χ4n) is 3.21. The molecule has 1 unspecified atom stereocenters. The number of nitrogens with zero attached hydrogens (tertiary/aromatic N) is 3. The van der Waals surface area contributed by atoms with Gasteiger partial charge in [-0.15, -0.1) is 10.2 Å². The molecule has 1 saturated carbocycles. The number of carbonyl (C=O) groups excluding carboxylic acids is 1. The van der Waals surface area contributed by atoms with Crippen LogP contribution in [0.4, 0.5) is 4.39 Å². The summed E-state index contributed by atoms with van der Waals surface area (Å²) in [5.41, 5.74) is 0.456. The van der Waals surface area contributed by atoms with Crippen molar-refractivity contribution in [3.63, 3.8) is 0 Å². The van der Waals surface area contributed by atoms with Crippen LogP contribution in [0.2, 0.25) is 0 Å².